The molecule has 0 saturated carbocycles. The first kappa shape index (κ1) is 22.9. The zero-order chi connectivity index (χ0) is 21.7. The number of rotatable bonds is 3. The van der Waals surface area contributed by atoms with Crippen molar-refractivity contribution in [1.29, 1.82) is 0 Å². The summed E-state index contributed by atoms with van der Waals surface area (Å²) in [5.74, 6) is -2.59. The van der Waals surface area contributed by atoms with E-state index in [-0.39, 0.29) is 12.3 Å². The van der Waals surface area contributed by atoms with Gasteiger partial charge in [-0.2, -0.15) is 0 Å². The number of aliphatic hydroxyl groups excluding tert-OH is 1. The zero-order valence-electron chi connectivity index (χ0n) is 17.7. The lowest BCUT2D eigenvalue weighted by atomic mass is 9.96. The Hall–Kier alpha value is -2.41. The highest BCUT2D eigenvalue weighted by Crippen LogP contribution is 2.22. The molecular formula is C22H31NO6. The molecule has 29 heavy (non-hydrogen) atoms. The van der Waals surface area contributed by atoms with E-state index in [2.05, 4.69) is 0 Å². The predicted molar refractivity (Wildman–Crippen MR) is 107 cm³/mol. The molecule has 0 aromatic heterocycles. The Kier molecular flexibility index (Phi) is 7.79. The molecule has 160 valence electrons. The summed E-state index contributed by atoms with van der Waals surface area (Å²) in [6, 6.07) is 8.73. The molecule has 2 rings (SSSR count). The Labute approximate surface area is 172 Å². The van der Waals surface area contributed by atoms with Gasteiger partial charge in [-0.15, -0.1) is 0 Å². The highest BCUT2D eigenvalue weighted by molar-refractivity contribution is 5.85. The molecule has 0 bridgehead atoms. The van der Waals surface area contributed by atoms with Crippen LogP contribution >= 0.6 is 0 Å². The third kappa shape index (κ3) is 5.79. The van der Waals surface area contributed by atoms with Crippen molar-refractivity contribution in [3.8, 4) is 0 Å². The van der Waals surface area contributed by atoms with Gasteiger partial charge in [-0.05, 0) is 31.7 Å². The number of benzene rings is 1. The topological polar surface area (TPSA) is 93.1 Å². The summed E-state index contributed by atoms with van der Waals surface area (Å²) in [4.78, 5) is 39.4. The van der Waals surface area contributed by atoms with E-state index in [1.807, 2.05) is 30.3 Å². The highest BCUT2D eigenvalue weighted by atomic mass is 16.6. The number of aliphatic hydroxyl groups is 1. The van der Waals surface area contributed by atoms with Crippen LogP contribution in [0.5, 0.6) is 0 Å². The first-order valence-corrected chi connectivity index (χ1v) is 10.0. The van der Waals surface area contributed by atoms with Gasteiger partial charge in [-0.25, -0.2) is 0 Å². The van der Waals surface area contributed by atoms with Gasteiger partial charge in [0.05, 0.1) is 24.5 Å². The molecule has 1 aliphatic rings. The van der Waals surface area contributed by atoms with E-state index >= 15 is 0 Å². The van der Waals surface area contributed by atoms with Gasteiger partial charge in [0, 0.05) is 7.05 Å². The molecule has 1 unspecified atom stereocenters. The number of cyclic esters (lactones) is 2. The maximum atomic E-state index is 13.2. The van der Waals surface area contributed by atoms with Gasteiger partial charge in [0.25, 0.3) is 5.91 Å². The Morgan fingerprint density at radius 3 is 2.31 bits per heavy atom. The van der Waals surface area contributed by atoms with E-state index in [9.17, 15) is 19.5 Å². The molecule has 7 heteroatoms. The molecule has 7 nitrogen and oxygen atoms in total. The second kappa shape index (κ2) is 9.87. The summed E-state index contributed by atoms with van der Waals surface area (Å²) < 4.78 is 10.8. The maximum Gasteiger partial charge on any atom is 0.313 e. The largest absolute Gasteiger partial charge is 0.462 e. The van der Waals surface area contributed by atoms with Crippen LogP contribution in [0.15, 0.2) is 30.3 Å². The van der Waals surface area contributed by atoms with Gasteiger partial charge in [-0.3, -0.25) is 14.4 Å². The van der Waals surface area contributed by atoms with Crippen molar-refractivity contribution in [2.75, 3.05) is 7.05 Å². The first-order valence-electron chi connectivity index (χ1n) is 10.0. The van der Waals surface area contributed by atoms with Gasteiger partial charge in [0.2, 0.25) is 0 Å². The van der Waals surface area contributed by atoms with Crippen LogP contribution in [0, 0.1) is 11.8 Å². The molecule has 1 amide bonds. The number of ether oxygens (including phenoxy) is 2. The minimum absolute atomic E-state index is 0.253. The summed E-state index contributed by atoms with van der Waals surface area (Å²) in [7, 11) is 1.56. The maximum absolute atomic E-state index is 13.2. The molecular weight excluding hydrogens is 374 g/mol. The van der Waals surface area contributed by atoms with E-state index in [1.54, 1.807) is 34.7 Å². The fraction of sp³-hybridized carbons (Fsp3) is 0.591. The van der Waals surface area contributed by atoms with Crippen LogP contribution in [-0.4, -0.2) is 59.3 Å². The van der Waals surface area contributed by atoms with Crippen LogP contribution in [-0.2, 0) is 30.3 Å². The molecule has 1 heterocycles. The van der Waals surface area contributed by atoms with Crippen molar-refractivity contribution < 1.29 is 29.0 Å². The average molecular weight is 405 g/mol. The monoisotopic (exact) mass is 405 g/mol. The molecule has 1 fully saturated rings. The van der Waals surface area contributed by atoms with Crippen molar-refractivity contribution in [2.45, 2.75) is 64.9 Å². The van der Waals surface area contributed by atoms with E-state index in [0.29, 0.717) is 6.42 Å². The van der Waals surface area contributed by atoms with Crippen LogP contribution in [0.4, 0.5) is 0 Å². The van der Waals surface area contributed by atoms with Crippen molar-refractivity contribution in [3.63, 3.8) is 0 Å². The van der Waals surface area contributed by atoms with Crippen LogP contribution in [0.25, 0.3) is 0 Å². The fourth-order valence-corrected chi connectivity index (χ4v) is 3.31. The van der Waals surface area contributed by atoms with Crippen LogP contribution in [0.2, 0.25) is 0 Å². The van der Waals surface area contributed by atoms with Crippen LogP contribution in [0.3, 0.4) is 0 Å². The predicted octanol–water partition coefficient (Wildman–Crippen LogP) is 1.96. The number of esters is 2. The third-order valence-electron chi connectivity index (χ3n) is 5.44. The minimum Gasteiger partial charge on any atom is -0.462 e. The summed E-state index contributed by atoms with van der Waals surface area (Å²) in [6.45, 7) is 6.78. The molecule has 1 N–H and O–H groups in total. The Bertz CT molecular complexity index is 719. The molecule has 5 atom stereocenters. The number of hydrogen-bond donors (Lipinski definition) is 1. The molecule has 1 saturated heterocycles. The summed E-state index contributed by atoms with van der Waals surface area (Å²) >= 11 is 0. The number of hydrogen-bond acceptors (Lipinski definition) is 6. The number of carbonyl (C=O) groups excluding carboxylic acids is 3. The Balaban J connectivity index is 2.39. The SMILES string of the molecule is CC(C)C1OC(=O)[C@@H](C)[C@@H](C)OC(=O)C[C@@H](O)[C@H](Cc2ccccc2)N(C)C1=O. The van der Waals surface area contributed by atoms with E-state index in [4.69, 9.17) is 9.47 Å². The van der Waals surface area contributed by atoms with Gasteiger partial charge >= 0.3 is 11.9 Å². The molecule has 0 aliphatic carbocycles. The van der Waals surface area contributed by atoms with Gasteiger partial charge < -0.3 is 19.5 Å². The van der Waals surface area contributed by atoms with E-state index < -0.39 is 48.1 Å². The van der Waals surface area contributed by atoms with Crippen molar-refractivity contribution in [1.82, 2.24) is 4.90 Å². The van der Waals surface area contributed by atoms with Gasteiger partial charge in [0.1, 0.15) is 6.10 Å². The lowest BCUT2D eigenvalue weighted by Crippen LogP contribution is -2.53. The average Bonchev–Trinajstić information content (AvgIpc) is 2.67. The molecule has 0 radical (unpaired) electrons. The number of amides is 1. The Morgan fingerprint density at radius 1 is 1.10 bits per heavy atom. The highest BCUT2D eigenvalue weighted by Gasteiger charge is 2.38. The molecule has 1 aromatic rings. The lowest BCUT2D eigenvalue weighted by molar-refractivity contribution is -0.175. The fourth-order valence-electron chi connectivity index (χ4n) is 3.31. The number of nitrogens with zero attached hydrogens (tertiary/aromatic N) is 1. The second-order valence-corrected chi connectivity index (χ2v) is 8.06. The summed E-state index contributed by atoms with van der Waals surface area (Å²) in [5.41, 5.74) is 0.914. The van der Waals surface area contributed by atoms with Crippen LogP contribution in [0.1, 0.15) is 39.7 Å². The van der Waals surface area contributed by atoms with E-state index in [0.717, 1.165) is 5.56 Å². The van der Waals surface area contributed by atoms with Crippen molar-refractivity contribution in [3.05, 3.63) is 35.9 Å². The first-order chi connectivity index (χ1) is 13.6. The molecule has 0 spiro atoms. The Morgan fingerprint density at radius 2 is 1.72 bits per heavy atom. The van der Waals surface area contributed by atoms with Crippen molar-refractivity contribution >= 4 is 17.8 Å². The minimum atomic E-state index is -1.12. The van der Waals surface area contributed by atoms with Crippen LogP contribution < -0.4 is 0 Å². The van der Waals surface area contributed by atoms with E-state index in [1.165, 1.54) is 4.90 Å². The normalized spacial score (nSPS) is 29.7. The quantitative estimate of drug-likeness (QED) is 0.773. The standard InChI is InChI=1S/C22H31NO6/c1-13(2)20-21(26)23(5)17(11-16-9-7-6-8-10-16)18(24)12-19(25)28-15(4)14(3)22(27)29-20/h6-10,13-15,17-18,20,24H,11-12H2,1-5H3/t14-,15+,17-,18+,20?/m0/s1. The summed E-state index contributed by atoms with van der Waals surface area (Å²) in [6.07, 6.45) is -2.75. The smallest absolute Gasteiger partial charge is 0.313 e. The van der Waals surface area contributed by atoms with Crippen molar-refractivity contribution in [2.24, 2.45) is 11.8 Å². The lowest BCUT2D eigenvalue weighted by Gasteiger charge is -2.36. The zero-order valence-corrected chi connectivity index (χ0v) is 17.7. The van der Waals surface area contributed by atoms with Gasteiger partial charge in [-0.1, -0.05) is 44.2 Å². The summed E-state index contributed by atoms with van der Waals surface area (Å²) in [5, 5.41) is 10.8. The third-order valence-corrected chi connectivity index (χ3v) is 5.44. The second-order valence-electron chi connectivity index (χ2n) is 8.06. The van der Waals surface area contributed by atoms with Gasteiger partial charge in [0.15, 0.2) is 6.10 Å². The number of carbonyl (C=O) groups is 3. The number of likely N-dealkylation sites (N-methyl/N-ethyl adjacent to an activating group) is 1. The molecule has 1 aromatic carbocycles. The molecule has 1 aliphatic heterocycles.